The number of pyridine rings is 1. The topological polar surface area (TPSA) is 101 Å². The number of piperidine rings is 1. The number of nitrogens with zero attached hydrogens (tertiary/aromatic N) is 2. The Morgan fingerprint density at radius 2 is 1.92 bits per heavy atom. The zero-order chi connectivity index (χ0) is 27.3. The standard InChI is InChI=1S/C28H34F3N3O4/c1-37-20-2-3-23-21(14-20)26(18(15-32)16-33-23)24(36)4-5-28(17-35)6-8-34(9-7-28)10-11-38-25-13-19(29)12-22(30)27(25)31/h2-3,12-14,16,24,35-36H,4-11,15,17,32H2,1H3/t24-/m0/s1. The van der Waals surface area contributed by atoms with Crippen molar-refractivity contribution in [3.8, 4) is 11.5 Å². The molecular formula is C28H34F3N3O4. The fraction of sp³-hybridized carbons (Fsp3) is 0.464. The predicted molar refractivity (Wildman–Crippen MR) is 137 cm³/mol. The number of fused-ring (bicyclic) bond motifs is 1. The first-order chi connectivity index (χ1) is 18.3. The molecule has 1 aromatic heterocycles. The molecule has 3 aromatic rings. The Hall–Kier alpha value is -2.92. The second-order valence-electron chi connectivity index (χ2n) is 9.89. The first kappa shape index (κ1) is 28.1. The molecule has 0 radical (unpaired) electrons. The average molecular weight is 534 g/mol. The molecule has 4 rings (SSSR count). The molecule has 7 nitrogen and oxygen atoms in total. The van der Waals surface area contributed by atoms with E-state index in [0.717, 1.165) is 28.1 Å². The molecule has 1 aliphatic rings. The summed E-state index contributed by atoms with van der Waals surface area (Å²) in [5.74, 6) is -3.18. The number of halogens is 3. The van der Waals surface area contributed by atoms with Crippen molar-refractivity contribution in [3.63, 3.8) is 0 Å². The summed E-state index contributed by atoms with van der Waals surface area (Å²) < 4.78 is 51.2. The molecule has 1 aliphatic heterocycles. The lowest BCUT2D eigenvalue weighted by molar-refractivity contribution is 0.0203. The molecule has 206 valence electrons. The van der Waals surface area contributed by atoms with Crippen LogP contribution in [-0.4, -0.2) is 60.1 Å². The van der Waals surface area contributed by atoms with Gasteiger partial charge in [-0.05, 0) is 73.5 Å². The predicted octanol–water partition coefficient (Wildman–Crippen LogP) is 4.09. The van der Waals surface area contributed by atoms with Crippen molar-refractivity contribution in [2.24, 2.45) is 11.1 Å². The van der Waals surface area contributed by atoms with Gasteiger partial charge in [0.2, 0.25) is 5.82 Å². The molecule has 2 heterocycles. The van der Waals surface area contributed by atoms with Crippen LogP contribution in [0.1, 0.15) is 42.9 Å². The maximum atomic E-state index is 13.8. The summed E-state index contributed by atoms with van der Waals surface area (Å²) >= 11 is 0. The van der Waals surface area contributed by atoms with Gasteiger partial charge in [-0.3, -0.25) is 9.88 Å². The van der Waals surface area contributed by atoms with Gasteiger partial charge in [0, 0.05) is 43.4 Å². The molecule has 0 saturated carbocycles. The van der Waals surface area contributed by atoms with Gasteiger partial charge in [0.15, 0.2) is 11.6 Å². The third-order valence-electron chi connectivity index (χ3n) is 7.58. The highest BCUT2D eigenvalue weighted by atomic mass is 19.2. The number of hydrogen-bond acceptors (Lipinski definition) is 7. The lowest BCUT2D eigenvalue weighted by Gasteiger charge is -2.41. The van der Waals surface area contributed by atoms with E-state index < -0.39 is 29.3 Å². The van der Waals surface area contributed by atoms with Crippen LogP contribution in [0.4, 0.5) is 13.2 Å². The molecule has 0 bridgehead atoms. The van der Waals surface area contributed by atoms with Gasteiger partial charge in [0.25, 0.3) is 0 Å². The summed E-state index contributed by atoms with van der Waals surface area (Å²) in [6.45, 7) is 2.10. The fourth-order valence-electron chi connectivity index (χ4n) is 5.16. The van der Waals surface area contributed by atoms with Gasteiger partial charge in [-0.2, -0.15) is 4.39 Å². The summed E-state index contributed by atoms with van der Waals surface area (Å²) in [5.41, 5.74) is 7.85. The van der Waals surface area contributed by atoms with Crippen molar-refractivity contribution in [3.05, 3.63) is 65.1 Å². The normalized spacial score (nSPS) is 16.5. The first-order valence-electron chi connectivity index (χ1n) is 12.7. The monoisotopic (exact) mass is 533 g/mol. The number of rotatable bonds is 11. The summed E-state index contributed by atoms with van der Waals surface area (Å²) in [7, 11) is 1.58. The van der Waals surface area contributed by atoms with Crippen molar-refractivity contribution in [1.82, 2.24) is 9.88 Å². The quantitative estimate of drug-likeness (QED) is 0.319. The molecular weight excluding hydrogens is 499 g/mol. The summed E-state index contributed by atoms with van der Waals surface area (Å²) in [4.78, 5) is 6.56. The van der Waals surface area contributed by atoms with Crippen molar-refractivity contribution in [2.75, 3.05) is 40.0 Å². The first-order valence-corrected chi connectivity index (χ1v) is 12.7. The Morgan fingerprint density at radius 3 is 2.61 bits per heavy atom. The van der Waals surface area contributed by atoms with E-state index in [0.29, 0.717) is 57.1 Å². The van der Waals surface area contributed by atoms with E-state index in [-0.39, 0.29) is 25.2 Å². The van der Waals surface area contributed by atoms with E-state index in [2.05, 4.69) is 9.88 Å². The Morgan fingerprint density at radius 1 is 1.16 bits per heavy atom. The highest BCUT2D eigenvalue weighted by Crippen LogP contribution is 2.39. The Labute approximate surface area is 220 Å². The minimum absolute atomic E-state index is 0.00744. The van der Waals surface area contributed by atoms with Crippen LogP contribution >= 0.6 is 0 Å². The minimum Gasteiger partial charge on any atom is -0.497 e. The van der Waals surface area contributed by atoms with Crippen molar-refractivity contribution in [1.29, 1.82) is 0 Å². The van der Waals surface area contributed by atoms with E-state index in [1.807, 2.05) is 18.2 Å². The van der Waals surface area contributed by atoms with Gasteiger partial charge in [-0.1, -0.05) is 0 Å². The number of methoxy groups -OCH3 is 1. The van der Waals surface area contributed by atoms with Gasteiger partial charge in [-0.25, -0.2) is 8.78 Å². The molecule has 1 fully saturated rings. The molecule has 0 aliphatic carbocycles. The molecule has 0 unspecified atom stereocenters. The van der Waals surface area contributed by atoms with E-state index in [9.17, 15) is 23.4 Å². The van der Waals surface area contributed by atoms with Crippen molar-refractivity contribution < 1.29 is 32.9 Å². The van der Waals surface area contributed by atoms with E-state index in [4.69, 9.17) is 15.2 Å². The largest absolute Gasteiger partial charge is 0.497 e. The van der Waals surface area contributed by atoms with Crippen LogP contribution in [0.5, 0.6) is 11.5 Å². The molecule has 0 amide bonds. The van der Waals surface area contributed by atoms with Crippen LogP contribution in [0, 0.1) is 22.9 Å². The third kappa shape index (κ3) is 6.20. The van der Waals surface area contributed by atoms with Gasteiger partial charge in [-0.15, -0.1) is 0 Å². The van der Waals surface area contributed by atoms with Gasteiger partial charge >= 0.3 is 0 Å². The Bertz CT molecular complexity index is 1250. The van der Waals surface area contributed by atoms with Crippen LogP contribution in [-0.2, 0) is 6.54 Å². The van der Waals surface area contributed by atoms with Crippen molar-refractivity contribution >= 4 is 10.9 Å². The van der Waals surface area contributed by atoms with E-state index in [1.54, 1.807) is 13.3 Å². The summed E-state index contributed by atoms with van der Waals surface area (Å²) in [5, 5.41) is 22.3. The van der Waals surface area contributed by atoms with Crippen LogP contribution < -0.4 is 15.2 Å². The third-order valence-corrected chi connectivity index (χ3v) is 7.58. The smallest absolute Gasteiger partial charge is 0.200 e. The van der Waals surface area contributed by atoms with Crippen LogP contribution in [0.15, 0.2) is 36.5 Å². The lowest BCUT2D eigenvalue weighted by Crippen LogP contribution is -2.43. The fourth-order valence-corrected chi connectivity index (χ4v) is 5.16. The molecule has 1 atom stereocenters. The number of hydrogen-bond donors (Lipinski definition) is 3. The van der Waals surface area contributed by atoms with Crippen LogP contribution in [0.3, 0.4) is 0 Å². The lowest BCUT2D eigenvalue weighted by atomic mass is 9.74. The molecule has 0 spiro atoms. The highest BCUT2D eigenvalue weighted by molar-refractivity contribution is 5.85. The second-order valence-corrected chi connectivity index (χ2v) is 9.89. The second kappa shape index (κ2) is 12.3. The maximum absolute atomic E-state index is 13.8. The molecule has 2 aromatic carbocycles. The SMILES string of the molecule is COc1ccc2ncc(CN)c([C@@H](O)CCC3(CO)CCN(CCOc4cc(F)cc(F)c4F)CC3)c2c1. The van der Waals surface area contributed by atoms with Gasteiger partial charge in [0.05, 0.1) is 18.7 Å². The van der Waals surface area contributed by atoms with E-state index >= 15 is 0 Å². The molecule has 38 heavy (non-hydrogen) atoms. The number of nitrogens with two attached hydrogens (primary N) is 1. The van der Waals surface area contributed by atoms with Crippen LogP contribution in [0.2, 0.25) is 0 Å². The van der Waals surface area contributed by atoms with E-state index in [1.165, 1.54) is 0 Å². The summed E-state index contributed by atoms with van der Waals surface area (Å²) in [6, 6.07) is 6.82. The number of aliphatic hydroxyl groups excluding tert-OH is 2. The molecule has 1 saturated heterocycles. The Balaban J connectivity index is 1.35. The van der Waals surface area contributed by atoms with Gasteiger partial charge < -0.3 is 25.4 Å². The van der Waals surface area contributed by atoms with Crippen molar-refractivity contribution in [2.45, 2.75) is 38.3 Å². The number of ether oxygens (including phenoxy) is 2. The summed E-state index contributed by atoms with van der Waals surface area (Å²) in [6.07, 6.45) is 3.36. The molecule has 4 N–H and O–H groups in total. The zero-order valence-electron chi connectivity index (χ0n) is 21.4. The van der Waals surface area contributed by atoms with Gasteiger partial charge in [0.1, 0.15) is 18.2 Å². The molecule has 10 heteroatoms. The number of likely N-dealkylation sites (tertiary alicyclic amines) is 1. The number of aliphatic hydroxyl groups is 2. The maximum Gasteiger partial charge on any atom is 0.200 e. The zero-order valence-corrected chi connectivity index (χ0v) is 21.4. The number of benzene rings is 2. The average Bonchev–Trinajstić information content (AvgIpc) is 2.94. The minimum atomic E-state index is -1.29. The number of aromatic nitrogens is 1. The highest BCUT2D eigenvalue weighted by Gasteiger charge is 2.34. The Kier molecular flexibility index (Phi) is 9.09. The van der Waals surface area contributed by atoms with Crippen LogP contribution in [0.25, 0.3) is 10.9 Å².